The number of carbonyl (C=O) groups excluding carboxylic acids is 1. The van der Waals surface area contributed by atoms with Crippen LogP contribution in [0.15, 0.2) is 68.0 Å². The van der Waals surface area contributed by atoms with Crippen LogP contribution in [0, 0.1) is 5.92 Å². The Bertz CT molecular complexity index is 1190. The van der Waals surface area contributed by atoms with Crippen molar-refractivity contribution in [3.63, 3.8) is 0 Å². The second kappa shape index (κ2) is 9.86. The molecule has 1 unspecified atom stereocenters. The first-order chi connectivity index (χ1) is 15.3. The van der Waals surface area contributed by atoms with Crippen LogP contribution in [0.3, 0.4) is 0 Å². The molecule has 1 N–H and O–H groups in total. The van der Waals surface area contributed by atoms with Crippen molar-refractivity contribution in [1.29, 1.82) is 0 Å². The summed E-state index contributed by atoms with van der Waals surface area (Å²) < 4.78 is 11.3. The summed E-state index contributed by atoms with van der Waals surface area (Å²) >= 11 is 0. The standard InChI is InChI=1S/C21H15NO4.C4H10.C2H6/c1-11(23)17-9-22-18-7-15-14-3-2-12(13-4-5-25-10-13)6-20(14)26-21(15)16(18)8-19(17)24;1-4(2)3;1-2/h2-6,8-10,18,24H,7H2,1H3;4H,1-3H3;1-2H3. The maximum Gasteiger partial charge on any atom is 0.165 e. The van der Waals surface area contributed by atoms with E-state index in [1.807, 2.05) is 38.1 Å². The van der Waals surface area contributed by atoms with Gasteiger partial charge in [-0.1, -0.05) is 46.8 Å². The van der Waals surface area contributed by atoms with Gasteiger partial charge >= 0.3 is 0 Å². The van der Waals surface area contributed by atoms with Crippen molar-refractivity contribution >= 4 is 28.5 Å². The molecule has 0 fully saturated rings. The summed E-state index contributed by atoms with van der Waals surface area (Å²) in [6.07, 6.45) is 7.11. The summed E-state index contributed by atoms with van der Waals surface area (Å²) in [5.74, 6) is 1.30. The lowest BCUT2D eigenvalue weighted by molar-refractivity contribution is -0.113. The summed E-state index contributed by atoms with van der Waals surface area (Å²) in [6.45, 7) is 11.9. The molecule has 3 heterocycles. The first-order valence-corrected chi connectivity index (χ1v) is 11.1. The molecular formula is C27H31NO4. The Balaban J connectivity index is 0.000000437. The molecular weight excluding hydrogens is 402 g/mol. The number of aliphatic hydroxyl groups is 1. The van der Waals surface area contributed by atoms with Gasteiger partial charge in [-0.15, -0.1) is 0 Å². The van der Waals surface area contributed by atoms with Crippen molar-refractivity contribution in [3.05, 3.63) is 65.5 Å². The van der Waals surface area contributed by atoms with E-state index in [4.69, 9.17) is 8.83 Å². The third kappa shape index (κ3) is 4.62. The van der Waals surface area contributed by atoms with E-state index >= 15 is 0 Å². The Morgan fingerprint density at radius 2 is 1.88 bits per heavy atom. The smallest absolute Gasteiger partial charge is 0.165 e. The fourth-order valence-corrected chi connectivity index (χ4v) is 3.67. The Hall–Kier alpha value is -3.34. The number of allylic oxidation sites excluding steroid dienone is 2. The second-order valence-corrected chi connectivity index (χ2v) is 8.32. The number of hydrogen-bond acceptors (Lipinski definition) is 5. The molecule has 0 spiro atoms. The lowest BCUT2D eigenvalue weighted by atomic mass is 10.0. The number of aliphatic hydroxyl groups excluding tert-OH is 1. The number of furan rings is 2. The molecule has 1 aliphatic carbocycles. The highest BCUT2D eigenvalue weighted by Crippen LogP contribution is 2.43. The average Bonchev–Trinajstić information content (AvgIpc) is 3.44. The Kier molecular flexibility index (Phi) is 7.18. The number of rotatable bonds is 2. The zero-order valence-corrected chi connectivity index (χ0v) is 19.6. The van der Waals surface area contributed by atoms with Crippen LogP contribution >= 0.6 is 0 Å². The predicted molar refractivity (Wildman–Crippen MR) is 130 cm³/mol. The molecule has 5 heteroatoms. The van der Waals surface area contributed by atoms with Crippen molar-refractivity contribution in [3.8, 4) is 11.1 Å². The van der Waals surface area contributed by atoms with E-state index in [0.717, 1.165) is 44.9 Å². The number of hydrogen-bond donors (Lipinski definition) is 1. The van der Waals surface area contributed by atoms with Crippen LogP contribution < -0.4 is 0 Å². The van der Waals surface area contributed by atoms with E-state index in [9.17, 15) is 9.90 Å². The van der Waals surface area contributed by atoms with Gasteiger partial charge in [0.2, 0.25) is 0 Å². The molecule has 2 aliphatic rings. The zero-order valence-electron chi connectivity index (χ0n) is 19.6. The molecule has 1 aliphatic heterocycles. The van der Waals surface area contributed by atoms with E-state index in [-0.39, 0.29) is 23.2 Å². The van der Waals surface area contributed by atoms with Crippen LogP contribution in [0.1, 0.15) is 52.9 Å². The number of Topliss-reactive ketones (excluding diaryl/α,β-unsaturated/α-hetero) is 1. The molecule has 0 bridgehead atoms. The number of fused-ring (bicyclic) bond motifs is 5. The summed E-state index contributed by atoms with van der Waals surface area (Å²) in [6, 6.07) is 7.85. The maximum absolute atomic E-state index is 11.6. The molecule has 32 heavy (non-hydrogen) atoms. The Morgan fingerprint density at radius 1 is 1.16 bits per heavy atom. The first kappa shape index (κ1) is 23.3. The molecule has 0 radical (unpaired) electrons. The lowest BCUT2D eigenvalue weighted by Crippen LogP contribution is -2.04. The number of ketones is 1. The number of aliphatic imine (C=N–C) groups is 1. The molecule has 3 aromatic rings. The van der Waals surface area contributed by atoms with Crippen molar-refractivity contribution in [2.45, 2.75) is 54.0 Å². The third-order valence-corrected chi connectivity index (χ3v) is 5.00. The van der Waals surface area contributed by atoms with E-state index in [0.29, 0.717) is 6.42 Å². The summed E-state index contributed by atoms with van der Waals surface area (Å²) in [5.41, 5.74) is 4.93. The molecule has 0 amide bonds. The molecule has 168 valence electrons. The highest BCUT2D eigenvalue weighted by molar-refractivity contribution is 6.14. The molecule has 0 saturated carbocycles. The van der Waals surface area contributed by atoms with Gasteiger partial charge in [0.25, 0.3) is 0 Å². The topological polar surface area (TPSA) is 75.9 Å². The minimum Gasteiger partial charge on any atom is -0.507 e. The van der Waals surface area contributed by atoms with Gasteiger partial charge in [-0.05, 0) is 36.6 Å². The SMILES string of the molecule is CC.CC(=O)C1=C(O)C=C2c3oc4cc(-c5ccoc5)ccc4c3CC2N=C1.CC(C)C. The first-order valence-electron chi connectivity index (χ1n) is 11.1. The van der Waals surface area contributed by atoms with Crippen LogP contribution in [0.2, 0.25) is 0 Å². The summed E-state index contributed by atoms with van der Waals surface area (Å²) in [4.78, 5) is 16.1. The minimum atomic E-state index is -0.211. The van der Waals surface area contributed by atoms with Crippen LogP contribution in [-0.4, -0.2) is 23.1 Å². The normalized spacial score (nSPS) is 16.5. The van der Waals surface area contributed by atoms with Crippen molar-refractivity contribution < 1.29 is 18.7 Å². The van der Waals surface area contributed by atoms with Crippen molar-refractivity contribution in [2.24, 2.45) is 10.9 Å². The highest BCUT2D eigenvalue weighted by Gasteiger charge is 2.33. The highest BCUT2D eigenvalue weighted by atomic mass is 16.3. The minimum absolute atomic E-state index is 0.0638. The maximum atomic E-state index is 11.6. The van der Waals surface area contributed by atoms with E-state index < -0.39 is 0 Å². The molecule has 0 saturated heterocycles. The van der Waals surface area contributed by atoms with Gasteiger partial charge in [0.1, 0.15) is 17.1 Å². The molecule has 2 aromatic heterocycles. The zero-order chi connectivity index (χ0) is 23.4. The van der Waals surface area contributed by atoms with Gasteiger partial charge in [0.15, 0.2) is 5.78 Å². The Morgan fingerprint density at radius 3 is 2.50 bits per heavy atom. The molecule has 5 rings (SSSR count). The largest absolute Gasteiger partial charge is 0.507 e. The van der Waals surface area contributed by atoms with Gasteiger partial charge in [-0.25, -0.2) is 0 Å². The molecule has 5 nitrogen and oxygen atoms in total. The number of benzene rings is 1. The number of nitrogens with zero attached hydrogens (tertiary/aromatic N) is 1. The van der Waals surface area contributed by atoms with Gasteiger partial charge in [0.05, 0.1) is 24.1 Å². The van der Waals surface area contributed by atoms with Crippen LogP contribution in [0.25, 0.3) is 27.7 Å². The van der Waals surface area contributed by atoms with E-state index in [1.165, 1.54) is 13.1 Å². The monoisotopic (exact) mass is 433 g/mol. The van der Waals surface area contributed by atoms with Crippen molar-refractivity contribution in [2.75, 3.05) is 0 Å². The summed E-state index contributed by atoms with van der Waals surface area (Å²) in [7, 11) is 0. The average molecular weight is 434 g/mol. The van der Waals surface area contributed by atoms with Gasteiger partial charge < -0.3 is 13.9 Å². The van der Waals surface area contributed by atoms with Gasteiger partial charge in [-0.3, -0.25) is 9.79 Å². The van der Waals surface area contributed by atoms with Gasteiger partial charge in [0, 0.05) is 34.7 Å². The predicted octanol–water partition coefficient (Wildman–Crippen LogP) is 7.17. The number of carbonyl (C=O) groups is 1. The Labute approximate surface area is 189 Å². The van der Waals surface area contributed by atoms with Gasteiger partial charge in [-0.2, -0.15) is 0 Å². The quantitative estimate of drug-likeness (QED) is 0.464. The third-order valence-electron chi connectivity index (χ3n) is 5.00. The van der Waals surface area contributed by atoms with E-state index in [1.54, 1.807) is 18.6 Å². The summed E-state index contributed by atoms with van der Waals surface area (Å²) in [5, 5.41) is 11.3. The van der Waals surface area contributed by atoms with E-state index in [2.05, 4.69) is 25.8 Å². The fourth-order valence-electron chi connectivity index (χ4n) is 3.67. The van der Waals surface area contributed by atoms with Crippen LogP contribution in [0.5, 0.6) is 0 Å². The fraction of sp³-hybridized carbons (Fsp3) is 0.333. The second-order valence-electron chi connectivity index (χ2n) is 8.32. The lowest BCUT2D eigenvalue weighted by Gasteiger charge is -2.05. The molecule has 1 atom stereocenters. The molecule has 1 aromatic carbocycles. The van der Waals surface area contributed by atoms with Crippen molar-refractivity contribution in [1.82, 2.24) is 0 Å². The van der Waals surface area contributed by atoms with Crippen LogP contribution in [0.4, 0.5) is 0 Å². The van der Waals surface area contributed by atoms with Crippen LogP contribution in [-0.2, 0) is 11.2 Å².